The third-order valence-corrected chi connectivity index (χ3v) is 16.1. The molecule has 5 nitrogen and oxygen atoms in total. The highest BCUT2D eigenvalue weighted by Gasteiger charge is 2.49. The Hall–Kier alpha value is 0.568. The molecule has 0 spiro atoms. The number of carboxylic acids is 1. The van der Waals surface area contributed by atoms with Crippen molar-refractivity contribution in [3.8, 4) is 0 Å². The largest absolute Gasteiger partial charge is 0.481 e. The molecule has 0 amide bonds. The van der Waals surface area contributed by atoms with Gasteiger partial charge in [0.15, 0.2) is 25.0 Å². The minimum absolute atomic E-state index is 0.0786. The first-order valence-corrected chi connectivity index (χ1v) is 22.1. The van der Waals surface area contributed by atoms with Crippen LogP contribution in [-0.2, 0) is 17.1 Å². The normalized spacial score (nSPS) is 15.3. The fourth-order valence-corrected chi connectivity index (χ4v) is 18.5. The summed E-state index contributed by atoms with van der Waals surface area (Å²) in [6.07, 6.45) is 0.178. The number of carboxylic acid groups (broad SMARTS) is 1. The first kappa shape index (κ1) is 25.6. The number of rotatable bonds is 12. The molecule has 25 heavy (non-hydrogen) atoms. The van der Waals surface area contributed by atoms with Gasteiger partial charge in [-0.15, -0.1) is 0 Å². The average molecular weight is 443 g/mol. The van der Waals surface area contributed by atoms with Crippen molar-refractivity contribution >= 4 is 51.5 Å². The second-order valence-corrected chi connectivity index (χ2v) is 27.9. The maximum absolute atomic E-state index is 10.9. The van der Waals surface area contributed by atoms with Crippen LogP contribution in [0.5, 0.6) is 0 Å². The molecule has 1 atom stereocenters. The van der Waals surface area contributed by atoms with Gasteiger partial charge in [0.1, 0.15) is 0 Å². The molecule has 1 N–H and O–H groups in total. The third kappa shape index (κ3) is 14.3. The summed E-state index contributed by atoms with van der Waals surface area (Å²) in [4.78, 5) is 10.9. The second-order valence-electron chi connectivity index (χ2n) is 9.36. The second kappa shape index (κ2) is 9.67. The van der Waals surface area contributed by atoms with Crippen LogP contribution < -0.4 is 0 Å². The highest BCUT2D eigenvalue weighted by atomic mass is 32.2. The zero-order chi connectivity index (χ0) is 20.1. The maximum Gasteiger partial charge on any atom is 0.470 e. The van der Waals surface area contributed by atoms with Crippen LogP contribution in [0.2, 0.25) is 65.0 Å². The minimum atomic E-state index is -2.79. The van der Waals surface area contributed by atoms with Crippen molar-refractivity contribution in [3.05, 3.63) is 0 Å². The maximum atomic E-state index is 10.9. The number of hydrogen-bond donors (Lipinski definition) is 1. The lowest BCUT2D eigenvalue weighted by molar-refractivity contribution is -0.136. The van der Waals surface area contributed by atoms with Gasteiger partial charge in [0, 0.05) is 11.3 Å². The Morgan fingerprint density at radius 2 is 1.24 bits per heavy atom. The van der Waals surface area contributed by atoms with Crippen molar-refractivity contribution in [3.63, 3.8) is 0 Å². The van der Waals surface area contributed by atoms with Gasteiger partial charge >= 0.3 is 14.8 Å². The Balaban J connectivity index is 5.33. The molecule has 0 aliphatic carbocycles. The quantitative estimate of drug-likeness (QED) is 0.425. The van der Waals surface area contributed by atoms with Gasteiger partial charge in [-0.3, -0.25) is 4.79 Å². The van der Waals surface area contributed by atoms with E-state index in [9.17, 15) is 4.79 Å². The Morgan fingerprint density at radius 1 is 0.880 bits per heavy atom. The monoisotopic (exact) mass is 442 g/mol. The standard InChI is InChI=1S/C15H38O5SSi4/c1-14(13-15(16)17)21-11-12-25(18-22(2,3)4,19-23(5,6)7)20-24(8,9)10/h14H,11-13H2,1-10H3,(H,16,17). The smallest absolute Gasteiger partial charge is 0.470 e. The average Bonchev–Trinajstić information content (AvgIpc) is 2.18. The van der Waals surface area contributed by atoms with Crippen molar-refractivity contribution in [2.24, 2.45) is 0 Å². The van der Waals surface area contributed by atoms with Crippen LogP contribution in [0.4, 0.5) is 0 Å². The third-order valence-electron chi connectivity index (χ3n) is 2.66. The number of hydrogen-bond acceptors (Lipinski definition) is 5. The number of carbonyl (C=O) groups is 1. The van der Waals surface area contributed by atoms with Crippen molar-refractivity contribution in [1.82, 2.24) is 0 Å². The molecule has 0 aliphatic heterocycles. The predicted molar refractivity (Wildman–Crippen MR) is 118 cm³/mol. The molecule has 0 rings (SSSR count). The first-order valence-electron chi connectivity index (χ1n) is 8.87. The van der Waals surface area contributed by atoms with Gasteiger partial charge in [-0.05, 0) is 64.7 Å². The van der Waals surface area contributed by atoms with Crippen LogP contribution in [0, 0.1) is 0 Å². The molecule has 0 fully saturated rings. The summed E-state index contributed by atoms with van der Waals surface area (Å²) in [6, 6.07) is 0.750. The Kier molecular flexibility index (Phi) is 9.89. The van der Waals surface area contributed by atoms with Crippen molar-refractivity contribution < 1.29 is 22.2 Å². The van der Waals surface area contributed by atoms with Crippen molar-refractivity contribution in [2.45, 2.75) is 83.6 Å². The molecule has 0 heterocycles. The molecule has 0 saturated carbocycles. The van der Waals surface area contributed by atoms with E-state index in [1.807, 2.05) is 6.92 Å². The molecule has 0 bridgehead atoms. The molecule has 1 unspecified atom stereocenters. The molecule has 0 radical (unpaired) electrons. The molecular weight excluding hydrogens is 405 g/mol. The molecule has 0 aromatic heterocycles. The van der Waals surface area contributed by atoms with Crippen molar-refractivity contribution in [1.29, 1.82) is 0 Å². The summed E-state index contributed by atoms with van der Waals surface area (Å²) in [6.45, 7) is 21.5. The summed E-state index contributed by atoms with van der Waals surface area (Å²) in [5.41, 5.74) is 0. The van der Waals surface area contributed by atoms with E-state index in [-0.39, 0.29) is 11.7 Å². The highest BCUT2D eigenvalue weighted by molar-refractivity contribution is 7.99. The zero-order valence-corrected chi connectivity index (χ0v) is 22.5. The van der Waals surface area contributed by atoms with Crippen molar-refractivity contribution in [2.75, 3.05) is 5.75 Å². The molecule has 0 saturated heterocycles. The summed E-state index contributed by atoms with van der Waals surface area (Å²) >= 11 is 1.67. The fraction of sp³-hybridized carbons (Fsp3) is 0.933. The predicted octanol–water partition coefficient (Wildman–Crippen LogP) is 5.08. The van der Waals surface area contributed by atoms with Crippen LogP contribution in [0.25, 0.3) is 0 Å². The van der Waals surface area contributed by atoms with Gasteiger partial charge in [0.05, 0.1) is 6.42 Å². The Bertz CT molecular complexity index is 388. The lowest BCUT2D eigenvalue weighted by Crippen LogP contribution is -2.60. The molecular formula is C15H38O5SSi4. The fourth-order valence-electron chi connectivity index (χ4n) is 2.31. The minimum Gasteiger partial charge on any atom is -0.481 e. The van der Waals surface area contributed by atoms with Gasteiger partial charge in [-0.2, -0.15) is 11.8 Å². The van der Waals surface area contributed by atoms with E-state index in [1.54, 1.807) is 11.8 Å². The number of thioether (sulfide) groups is 1. The van der Waals surface area contributed by atoms with Crippen LogP contribution in [0.1, 0.15) is 13.3 Å². The summed E-state index contributed by atoms with van der Waals surface area (Å²) in [7, 11) is -8.32. The van der Waals surface area contributed by atoms with Crippen LogP contribution >= 0.6 is 11.8 Å². The van der Waals surface area contributed by atoms with Gasteiger partial charge in [-0.1, -0.05) is 6.92 Å². The van der Waals surface area contributed by atoms with E-state index >= 15 is 0 Å². The van der Waals surface area contributed by atoms with E-state index in [1.165, 1.54) is 0 Å². The molecule has 10 heteroatoms. The van der Waals surface area contributed by atoms with Gasteiger partial charge in [0.25, 0.3) is 0 Å². The van der Waals surface area contributed by atoms with Crippen LogP contribution in [0.3, 0.4) is 0 Å². The van der Waals surface area contributed by atoms with Gasteiger partial charge < -0.3 is 17.5 Å². The Morgan fingerprint density at radius 3 is 1.52 bits per heavy atom. The number of aliphatic carboxylic acids is 1. The first-order chi connectivity index (χ1) is 10.9. The lowest BCUT2D eigenvalue weighted by atomic mass is 10.3. The van der Waals surface area contributed by atoms with E-state index in [2.05, 4.69) is 58.9 Å². The zero-order valence-electron chi connectivity index (χ0n) is 17.7. The van der Waals surface area contributed by atoms with E-state index < -0.39 is 39.7 Å². The SMILES string of the molecule is CC(CC(=O)O)SCC[Si](O[Si](C)(C)C)(O[Si](C)(C)C)O[Si](C)(C)C. The molecule has 150 valence electrons. The molecule has 0 aromatic carbocycles. The van der Waals surface area contributed by atoms with Crippen LogP contribution in [-0.4, -0.2) is 55.8 Å². The lowest BCUT2D eigenvalue weighted by Gasteiger charge is -2.43. The van der Waals surface area contributed by atoms with Gasteiger partial charge in [-0.25, -0.2) is 0 Å². The summed E-state index contributed by atoms with van der Waals surface area (Å²) in [5, 5.41) is 9.02. The topological polar surface area (TPSA) is 65.0 Å². The molecule has 0 aromatic rings. The van der Waals surface area contributed by atoms with E-state index in [4.69, 9.17) is 17.5 Å². The van der Waals surface area contributed by atoms with E-state index in [0.29, 0.717) is 0 Å². The highest BCUT2D eigenvalue weighted by Crippen LogP contribution is 2.31. The van der Waals surface area contributed by atoms with Crippen LogP contribution in [0.15, 0.2) is 0 Å². The van der Waals surface area contributed by atoms with E-state index in [0.717, 1.165) is 11.8 Å². The Labute approximate surface area is 163 Å². The van der Waals surface area contributed by atoms with Gasteiger partial charge in [0.2, 0.25) is 0 Å². The summed E-state index contributed by atoms with van der Waals surface area (Å²) < 4.78 is 19.8. The molecule has 0 aliphatic rings. The summed E-state index contributed by atoms with van der Waals surface area (Å²) in [5.74, 6) is 0.0543.